The van der Waals surface area contributed by atoms with Crippen LogP contribution < -0.4 is 10.6 Å². The standard InChI is InChI=1S/C13H11N3O4S/c14-11(18)7-4-10(17)16(5-7)13-15-8-2-1-6(12(19)20)3-9(8)21-13/h1-3,7H,4-5H2,(H2,14,18)(H,19,20). The normalized spacial score (nSPS) is 18.4. The molecule has 0 bridgehead atoms. The van der Waals surface area contributed by atoms with E-state index in [-0.39, 0.29) is 24.4 Å². The maximum absolute atomic E-state index is 11.9. The van der Waals surface area contributed by atoms with Crippen LogP contribution >= 0.6 is 11.3 Å². The summed E-state index contributed by atoms with van der Waals surface area (Å²) in [7, 11) is 0. The predicted molar refractivity (Wildman–Crippen MR) is 76.2 cm³/mol. The molecule has 1 aromatic carbocycles. The molecular weight excluding hydrogens is 294 g/mol. The number of anilines is 1. The number of carbonyl (C=O) groups is 3. The third-order valence-corrected chi connectivity index (χ3v) is 4.42. The third-order valence-electron chi connectivity index (χ3n) is 3.38. The van der Waals surface area contributed by atoms with Gasteiger partial charge in [-0.3, -0.25) is 14.5 Å². The van der Waals surface area contributed by atoms with Gasteiger partial charge in [0.2, 0.25) is 11.8 Å². The highest BCUT2D eigenvalue weighted by Crippen LogP contribution is 2.33. The Morgan fingerprint density at radius 1 is 1.43 bits per heavy atom. The van der Waals surface area contributed by atoms with Gasteiger partial charge >= 0.3 is 5.97 Å². The molecule has 21 heavy (non-hydrogen) atoms. The van der Waals surface area contributed by atoms with Crippen molar-refractivity contribution in [3.8, 4) is 0 Å². The number of nitrogens with zero attached hydrogens (tertiary/aromatic N) is 2. The summed E-state index contributed by atoms with van der Waals surface area (Å²) in [5.41, 5.74) is 6.02. The highest BCUT2D eigenvalue weighted by atomic mass is 32.1. The lowest BCUT2D eigenvalue weighted by molar-refractivity contribution is -0.123. The number of aromatic nitrogens is 1. The molecule has 0 radical (unpaired) electrons. The van der Waals surface area contributed by atoms with E-state index >= 15 is 0 Å². The number of carboxylic acids is 1. The van der Waals surface area contributed by atoms with Crippen LogP contribution in [0.25, 0.3) is 10.2 Å². The van der Waals surface area contributed by atoms with Gasteiger partial charge in [-0.15, -0.1) is 0 Å². The van der Waals surface area contributed by atoms with E-state index in [2.05, 4.69) is 4.98 Å². The molecule has 0 spiro atoms. The van der Waals surface area contributed by atoms with Gasteiger partial charge in [0.25, 0.3) is 0 Å². The molecule has 2 heterocycles. The number of aromatic carboxylic acids is 1. The van der Waals surface area contributed by atoms with Crippen molar-refractivity contribution in [1.29, 1.82) is 0 Å². The minimum atomic E-state index is -1.02. The van der Waals surface area contributed by atoms with Gasteiger partial charge in [-0.05, 0) is 18.2 Å². The first-order valence-electron chi connectivity index (χ1n) is 6.19. The molecule has 1 aliphatic rings. The number of carboxylic acid groups (broad SMARTS) is 1. The van der Waals surface area contributed by atoms with E-state index in [0.717, 1.165) is 0 Å². The summed E-state index contributed by atoms with van der Waals surface area (Å²) in [5, 5.41) is 9.43. The third kappa shape index (κ3) is 2.33. The number of amides is 2. The predicted octanol–water partition coefficient (Wildman–Crippen LogP) is 0.833. The number of primary amides is 1. The highest BCUT2D eigenvalue weighted by molar-refractivity contribution is 7.22. The quantitative estimate of drug-likeness (QED) is 0.872. The summed E-state index contributed by atoms with van der Waals surface area (Å²) in [6.07, 6.45) is 0.0889. The number of thiazole rings is 1. The molecule has 1 aromatic heterocycles. The van der Waals surface area contributed by atoms with Gasteiger partial charge in [-0.25, -0.2) is 9.78 Å². The molecule has 8 heteroatoms. The first kappa shape index (κ1) is 13.5. The molecule has 1 saturated heterocycles. The fourth-order valence-electron chi connectivity index (χ4n) is 2.24. The number of rotatable bonds is 3. The SMILES string of the molecule is NC(=O)C1CC(=O)N(c2nc3ccc(C(=O)O)cc3s2)C1. The zero-order valence-corrected chi connectivity index (χ0v) is 11.6. The van der Waals surface area contributed by atoms with Crippen molar-refractivity contribution in [2.75, 3.05) is 11.4 Å². The van der Waals surface area contributed by atoms with Crippen LogP contribution in [0.4, 0.5) is 5.13 Å². The largest absolute Gasteiger partial charge is 0.478 e. The number of hydrogen-bond acceptors (Lipinski definition) is 5. The fraction of sp³-hybridized carbons (Fsp3) is 0.231. The van der Waals surface area contributed by atoms with Crippen molar-refractivity contribution in [2.45, 2.75) is 6.42 Å². The molecule has 1 atom stereocenters. The number of nitrogens with two attached hydrogens (primary N) is 1. The Morgan fingerprint density at radius 2 is 2.19 bits per heavy atom. The molecule has 108 valence electrons. The van der Waals surface area contributed by atoms with Crippen molar-refractivity contribution >= 4 is 44.5 Å². The van der Waals surface area contributed by atoms with Crippen molar-refractivity contribution in [3.63, 3.8) is 0 Å². The van der Waals surface area contributed by atoms with Crippen LogP contribution in [-0.4, -0.2) is 34.4 Å². The lowest BCUT2D eigenvalue weighted by Crippen LogP contribution is -2.28. The topological polar surface area (TPSA) is 114 Å². The van der Waals surface area contributed by atoms with Gasteiger partial charge < -0.3 is 10.8 Å². The van der Waals surface area contributed by atoms with Gasteiger partial charge in [-0.2, -0.15) is 0 Å². The first-order chi connectivity index (χ1) is 9.95. The summed E-state index contributed by atoms with van der Waals surface area (Å²) >= 11 is 1.22. The minimum Gasteiger partial charge on any atom is -0.478 e. The molecular formula is C13H11N3O4S. The van der Waals surface area contributed by atoms with Crippen molar-refractivity contribution in [1.82, 2.24) is 4.98 Å². The average Bonchev–Trinajstić information content (AvgIpc) is 3.00. The smallest absolute Gasteiger partial charge is 0.335 e. The minimum absolute atomic E-state index is 0.0889. The van der Waals surface area contributed by atoms with Gasteiger partial charge in [0, 0.05) is 13.0 Å². The Hall–Kier alpha value is -2.48. The Labute approximate surface area is 123 Å². The summed E-state index contributed by atoms with van der Waals surface area (Å²) < 4.78 is 0.681. The summed E-state index contributed by atoms with van der Waals surface area (Å²) in [5.74, 6) is -2.21. The van der Waals surface area contributed by atoms with E-state index in [1.807, 2.05) is 0 Å². The summed E-state index contributed by atoms with van der Waals surface area (Å²) in [4.78, 5) is 39.8. The lowest BCUT2D eigenvalue weighted by atomic mass is 10.1. The van der Waals surface area contributed by atoms with E-state index < -0.39 is 17.8 Å². The molecule has 0 saturated carbocycles. The van der Waals surface area contributed by atoms with Gasteiger partial charge in [-0.1, -0.05) is 11.3 Å². The molecule has 1 fully saturated rings. The van der Waals surface area contributed by atoms with Crippen LogP contribution in [0.15, 0.2) is 18.2 Å². The second kappa shape index (κ2) is 4.81. The maximum atomic E-state index is 11.9. The van der Waals surface area contributed by atoms with Gasteiger partial charge in [0.1, 0.15) is 0 Å². The summed E-state index contributed by atoms with van der Waals surface area (Å²) in [6.45, 7) is 0.222. The Bertz CT molecular complexity index is 770. The Kier molecular flexibility index (Phi) is 3.09. The zero-order chi connectivity index (χ0) is 15.1. The molecule has 3 rings (SSSR count). The van der Waals surface area contributed by atoms with E-state index in [9.17, 15) is 14.4 Å². The van der Waals surface area contributed by atoms with E-state index in [1.165, 1.54) is 28.4 Å². The van der Waals surface area contributed by atoms with Crippen LogP contribution in [0.5, 0.6) is 0 Å². The van der Waals surface area contributed by atoms with Crippen LogP contribution in [-0.2, 0) is 9.59 Å². The molecule has 0 aliphatic carbocycles. The monoisotopic (exact) mass is 305 g/mol. The van der Waals surface area contributed by atoms with Crippen LogP contribution in [0.2, 0.25) is 0 Å². The fourth-order valence-corrected chi connectivity index (χ4v) is 3.28. The second-order valence-corrected chi connectivity index (χ2v) is 5.80. The van der Waals surface area contributed by atoms with Crippen molar-refractivity contribution in [2.24, 2.45) is 11.7 Å². The molecule has 1 unspecified atom stereocenters. The number of hydrogen-bond donors (Lipinski definition) is 2. The number of carbonyl (C=O) groups excluding carboxylic acids is 2. The van der Waals surface area contributed by atoms with Crippen LogP contribution in [0.3, 0.4) is 0 Å². The van der Waals surface area contributed by atoms with Crippen molar-refractivity contribution in [3.05, 3.63) is 23.8 Å². The van der Waals surface area contributed by atoms with Crippen molar-refractivity contribution < 1.29 is 19.5 Å². The molecule has 3 N–H and O–H groups in total. The molecule has 1 aliphatic heterocycles. The van der Waals surface area contributed by atoms with Crippen LogP contribution in [0.1, 0.15) is 16.8 Å². The van der Waals surface area contributed by atoms with E-state index in [4.69, 9.17) is 10.8 Å². The first-order valence-corrected chi connectivity index (χ1v) is 7.01. The highest BCUT2D eigenvalue weighted by Gasteiger charge is 2.35. The van der Waals surface area contributed by atoms with Gasteiger partial charge in [0.15, 0.2) is 5.13 Å². The van der Waals surface area contributed by atoms with Gasteiger partial charge in [0.05, 0.1) is 21.7 Å². The Morgan fingerprint density at radius 3 is 2.81 bits per heavy atom. The number of benzene rings is 1. The average molecular weight is 305 g/mol. The van der Waals surface area contributed by atoms with E-state index in [0.29, 0.717) is 15.3 Å². The Balaban J connectivity index is 1.96. The molecule has 7 nitrogen and oxygen atoms in total. The maximum Gasteiger partial charge on any atom is 0.335 e. The summed E-state index contributed by atoms with van der Waals surface area (Å²) in [6, 6.07) is 4.59. The molecule has 2 aromatic rings. The molecule has 2 amide bonds. The zero-order valence-electron chi connectivity index (χ0n) is 10.8. The lowest BCUT2D eigenvalue weighted by Gasteiger charge is -2.11. The van der Waals surface area contributed by atoms with E-state index in [1.54, 1.807) is 6.07 Å². The van der Waals surface area contributed by atoms with Crippen LogP contribution in [0, 0.1) is 5.92 Å². The second-order valence-electron chi connectivity index (χ2n) is 4.79. The number of fused-ring (bicyclic) bond motifs is 1.